The monoisotopic (exact) mass is 328 g/mol. The zero-order valence-electron chi connectivity index (χ0n) is 13.4. The molecule has 0 bridgehead atoms. The highest BCUT2D eigenvalue weighted by Gasteiger charge is 2.14. The Morgan fingerprint density at radius 2 is 1.88 bits per heavy atom. The lowest BCUT2D eigenvalue weighted by molar-refractivity contribution is 0.0947. The van der Waals surface area contributed by atoms with Crippen LogP contribution in [0.5, 0.6) is 0 Å². The van der Waals surface area contributed by atoms with Crippen molar-refractivity contribution in [3.63, 3.8) is 0 Å². The molecule has 2 aromatic carbocycles. The van der Waals surface area contributed by atoms with Gasteiger partial charge >= 0.3 is 0 Å². The Bertz CT molecular complexity index is 1010. The van der Waals surface area contributed by atoms with Gasteiger partial charge in [0.25, 0.3) is 5.91 Å². The first-order chi connectivity index (χ1) is 12.3. The zero-order valence-corrected chi connectivity index (χ0v) is 13.4. The first-order valence-corrected chi connectivity index (χ1v) is 8.02. The maximum absolute atomic E-state index is 12.5. The largest absolute Gasteiger partial charge is 0.347 e. The fraction of sp³-hybridized carbons (Fsp3) is 0.0500. The van der Waals surface area contributed by atoms with Crippen molar-refractivity contribution >= 4 is 16.8 Å². The Balaban J connectivity index is 1.62. The average Bonchev–Trinajstić information content (AvgIpc) is 3.11. The number of H-pyrrole nitrogens is 1. The number of hydrogen-bond donors (Lipinski definition) is 2. The normalized spacial score (nSPS) is 10.7. The molecule has 2 aromatic heterocycles. The third-order valence-electron chi connectivity index (χ3n) is 4.07. The van der Waals surface area contributed by atoms with Crippen molar-refractivity contribution in [3.05, 3.63) is 84.3 Å². The fourth-order valence-electron chi connectivity index (χ4n) is 2.76. The molecule has 0 spiro atoms. The van der Waals surface area contributed by atoms with Gasteiger partial charge in [0.15, 0.2) is 5.69 Å². The van der Waals surface area contributed by atoms with Crippen LogP contribution in [0.25, 0.3) is 22.0 Å². The van der Waals surface area contributed by atoms with Gasteiger partial charge in [0.2, 0.25) is 0 Å². The maximum atomic E-state index is 12.5. The summed E-state index contributed by atoms with van der Waals surface area (Å²) in [5.74, 6) is -0.196. The van der Waals surface area contributed by atoms with E-state index in [9.17, 15) is 4.79 Å². The number of nitrogens with zero attached hydrogens (tertiary/aromatic N) is 2. The summed E-state index contributed by atoms with van der Waals surface area (Å²) < 4.78 is 0. The highest BCUT2D eigenvalue weighted by molar-refractivity contribution is 6.05. The van der Waals surface area contributed by atoms with Gasteiger partial charge in [0.05, 0.1) is 5.52 Å². The van der Waals surface area contributed by atoms with Crippen molar-refractivity contribution in [2.75, 3.05) is 0 Å². The molecule has 5 nitrogen and oxygen atoms in total. The van der Waals surface area contributed by atoms with Crippen LogP contribution in [-0.4, -0.2) is 21.1 Å². The Morgan fingerprint density at radius 1 is 1.00 bits per heavy atom. The summed E-state index contributed by atoms with van der Waals surface area (Å²) in [4.78, 5) is 16.7. The summed E-state index contributed by atoms with van der Waals surface area (Å²) in [7, 11) is 0. The molecular weight excluding hydrogens is 312 g/mol. The lowest BCUT2D eigenvalue weighted by atomic mass is 10.0. The van der Waals surface area contributed by atoms with Gasteiger partial charge in [0.1, 0.15) is 0 Å². The van der Waals surface area contributed by atoms with Crippen molar-refractivity contribution in [2.45, 2.75) is 6.54 Å². The van der Waals surface area contributed by atoms with Crippen LogP contribution in [0.2, 0.25) is 0 Å². The van der Waals surface area contributed by atoms with Crippen LogP contribution in [-0.2, 0) is 6.54 Å². The molecule has 0 unspecified atom stereocenters. The summed E-state index contributed by atoms with van der Waals surface area (Å²) in [6.07, 6.45) is 3.54. The van der Waals surface area contributed by atoms with E-state index < -0.39 is 0 Å². The molecule has 25 heavy (non-hydrogen) atoms. The van der Waals surface area contributed by atoms with Crippen molar-refractivity contribution in [1.29, 1.82) is 0 Å². The maximum Gasteiger partial charge on any atom is 0.272 e. The number of pyridine rings is 1. The number of hydrogen-bond acceptors (Lipinski definition) is 3. The van der Waals surface area contributed by atoms with E-state index in [1.165, 1.54) is 0 Å². The van der Waals surface area contributed by atoms with Gasteiger partial charge in [-0.2, -0.15) is 5.10 Å². The van der Waals surface area contributed by atoms with Gasteiger partial charge in [-0.15, -0.1) is 0 Å². The number of aromatic amines is 1. The first kappa shape index (κ1) is 15.1. The van der Waals surface area contributed by atoms with E-state index in [0.717, 1.165) is 27.6 Å². The molecule has 2 heterocycles. The molecule has 2 N–H and O–H groups in total. The summed E-state index contributed by atoms with van der Waals surface area (Å²) in [6.45, 7) is 0.469. The topological polar surface area (TPSA) is 70.7 Å². The lowest BCUT2D eigenvalue weighted by Crippen LogP contribution is -2.23. The van der Waals surface area contributed by atoms with Gasteiger partial charge < -0.3 is 5.32 Å². The molecule has 0 aliphatic carbocycles. The highest BCUT2D eigenvalue weighted by Crippen LogP contribution is 2.24. The van der Waals surface area contributed by atoms with Gasteiger partial charge in [-0.1, -0.05) is 42.5 Å². The molecule has 0 fully saturated rings. The van der Waals surface area contributed by atoms with Gasteiger partial charge in [-0.3, -0.25) is 14.9 Å². The number of carbonyl (C=O) groups excluding carboxylic acids is 1. The second-order valence-corrected chi connectivity index (χ2v) is 5.74. The number of fused-ring (bicyclic) bond motifs is 1. The fourth-order valence-corrected chi connectivity index (χ4v) is 2.76. The van der Waals surface area contributed by atoms with Crippen LogP contribution >= 0.6 is 0 Å². The number of aromatic nitrogens is 3. The summed E-state index contributed by atoms with van der Waals surface area (Å²) in [5.41, 5.74) is 4.28. The SMILES string of the molecule is O=C(NCc1ccccc1)c1n[nH]c2ccc(-c3cccnc3)cc12. The molecular formula is C20H16N4O. The minimum absolute atomic E-state index is 0.196. The second-order valence-electron chi connectivity index (χ2n) is 5.74. The van der Waals surface area contributed by atoms with Crippen LogP contribution in [0.15, 0.2) is 73.1 Å². The molecule has 0 aliphatic heterocycles. The molecule has 0 aliphatic rings. The summed E-state index contributed by atoms with van der Waals surface area (Å²) in [5, 5.41) is 10.8. The number of rotatable bonds is 4. The number of amides is 1. The molecule has 5 heteroatoms. The van der Waals surface area contributed by atoms with Crippen molar-refractivity contribution in [1.82, 2.24) is 20.5 Å². The van der Waals surface area contributed by atoms with Gasteiger partial charge in [0, 0.05) is 29.9 Å². The van der Waals surface area contributed by atoms with E-state index >= 15 is 0 Å². The first-order valence-electron chi connectivity index (χ1n) is 8.02. The van der Waals surface area contributed by atoms with Gasteiger partial charge in [-0.25, -0.2) is 0 Å². The Morgan fingerprint density at radius 3 is 2.68 bits per heavy atom. The molecule has 4 rings (SSSR count). The molecule has 4 aromatic rings. The quantitative estimate of drug-likeness (QED) is 0.602. The van der Waals surface area contributed by atoms with Crippen molar-refractivity contribution in [3.8, 4) is 11.1 Å². The molecule has 0 saturated heterocycles. The van der Waals surface area contributed by atoms with E-state index in [1.54, 1.807) is 12.4 Å². The summed E-state index contributed by atoms with van der Waals surface area (Å²) >= 11 is 0. The molecule has 0 atom stereocenters. The number of carbonyl (C=O) groups is 1. The smallest absolute Gasteiger partial charge is 0.272 e. The molecule has 122 valence electrons. The minimum atomic E-state index is -0.196. The van der Waals surface area contributed by atoms with E-state index in [2.05, 4.69) is 20.5 Å². The zero-order chi connectivity index (χ0) is 17.1. The van der Waals surface area contributed by atoms with E-state index in [0.29, 0.717) is 12.2 Å². The predicted octanol–water partition coefficient (Wildman–Crippen LogP) is 3.55. The Kier molecular flexibility index (Phi) is 3.96. The average molecular weight is 328 g/mol. The van der Waals surface area contributed by atoms with Crippen LogP contribution < -0.4 is 5.32 Å². The van der Waals surface area contributed by atoms with Gasteiger partial charge in [-0.05, 0) is 29.3 Å². The molecule has 0 saturated carbocycles. The highest BCUT2D eigenvalue weighted by atomic mass is 16.1. The predicted molar refractivity (Wildman–Crippen MR) is 96.9 cm³/mol. The van der Waals surface area contributed by atoms with E-state index in [1.807, 2.05) is 60.7 Å². The Labute approximate surface area is 144 Å². The lowest BCUT2D eigenvalue weighted by Gasteiger charge is -2.04. The second kappa shape index (κ2) is 6.57. The Hall–Kier alpha value is -3.47. The van der Waals surface area contributed by atoms with Crippen LogP contribution in [0.4, 0.5) is 0 Å². The standard InChI is InChI=1S/C20H16N4O/c25-20(22-12-14-5-2-1-3-6-14)19-17-11-15(8-9-18(17)23-24-19)16-7-4-10-21-13-16/h1-11,13H,12H2,(H,22,25)(H,23,24). The molecule has 1 amide bonds. The van der Waals surface area contributed by atoms with E-state index in [4.69, 9.17) is 0 Å². The molecule has 0 radical (unpaired) electrons. The summed E-state index contributed by atoms with van der Waals surface area (Å²) in [6, 6.07) is 19.6. The third-order valence-corrected chi connectivity index (χ3v) is 4.07. The van der Waals surface area contributed by atoms with Crippen LogP contribution in [0.1, 0.15) is 16.1 Å². The van der Waals surface area contributed by atoms with Crippen LogP contribution in [0.3, 0.4) is 0 Å². The minimum Gasteiger partial charge on any atom is -0.347 e. The van der Waals surface area contributed by atoms with Crippen molar-refractivity contribution < 1.29 is 4.79 Å². The third kappa shape index (κ3) is 3.12. The van der Waals surface area contributed by atoms with E-state index in [-0.39, 0.29) is 5.91 Å². The van der Waals surface area contributed by atoms with Crippen molar-refractivity contribution in [2.24, 2.45) is 0 Å². The number of benzene rings is 2. The number of nitrogens with one attached hydrogen (secondary N) is 2. The van der Waals surface area contributed by atoms with Crippen LogP contribution in [0, 0.1) is 0 Å².